The summed E-state index contributed by atoms with van der Waals surface area (Å²) in [7, 11) is 0. The van der Waals surface area contributed by atoms with Crippen LogP contribution >= 0.6 is 0 Å². The third-order valence-corrected chi connectivity index (χ3v) is 21.6. The van der Waals surface area contributed by atoms with Gasteiger partial charge in [0.15, 0.2) is 5.78 Å². The van der Waals surface area contributed by atoms with Crippen molar-refractivity contribution in [3.63, 3.8) is 0 Å². The predicted octanol–water partition coefficient (Wildman–Crippen LogP) is 23.4. The number of ketones is 1. The molecule has 0 radical (unpaired) electrons. The first-order valence-corrected chi connectivity index (χ1v) is 32.6. The van der Waals surface area contributed by atoms with Crippen LogP contribution < -0.4 is 0 Å². The number of allylic oxidation sites excluding steroid dienone is 9. The molecule has 0 saturated carbocycles. The average molecular weight is 1180 g/mol. The van der Waals surface area contributed by atoms with E-state index < -0.39 is 10.8 Å². The monoisotopic (exact) mass is 1180 g/mol. The van der Waals surface area contributed by atoms with E-state index in [4.69, 9.17) is 0 Å². The molecule has 434 valence electrons. The Morgan fingerprint density at radius 3 is 1.68 bits per heavy atom. The average Bonchev–Trinajstić information content (AvgIpc) is 1.52. The Morgan fingerprint density at radius 1 is 0.387 bits per heavy atom. The molecule has 0 fully saturated rings. The van der Waals surface area contributed by atoms with Crippen LogP contribution in [0.5, 0.6) is 0 Å². The van der Waals surface area contributed by atoms with Gasteiger partial charge in [-0.3, -0.25) is 4.79 Å². The van der Waals surface area contributed by atoms with Crippen LogP contribution in [0, 0.1) is 0 Å². The fourth-order valence-corrected chi connectivity index (χ4v) is 17.5. The van der Waals surface area contributed by atoms with Gasteiger partial charge in [0.05, 0.1) is 10.8 Å². The second kappa shape index (κ2) is 20.2. The second-order valence-corrected chi connectivity index (χ2v) is 26.1. The predicted molar refractivity (Wildman–Crippen MR) is 388 cm³/mol. The molecule has 3 atom stereocenters. The van der Waals surface area contributed by atoms with Crippen molar-refractivity contribution in [2.24, 2.45) is 0 Å². The summed E-state index contributed by atoms with van der Waals surface area (Å²) in [6.45, 7) is 6.32. The van der Waals surface area contributed by atoms with Crippen LogP contribution in [0.1, 0.15) is 74.1 Å². The zero-order valence-electron chi connectivity index (χ0n) is 51.4. The van der Waals surface area contributed by atoms with E-state index in [9.17, 15) is 0 Å². The van der Waals surface area contributed by atoms with E-state index in [1.165, 1.54) is 166 Å². The molecular formula is C92H60O. The Labute approximate surface area is 541 Å². The van der Waals surface area contributed by atoms with Crippen LogP contribution in [0.15, 0.2) is 339 Å². The fraction of sp³-hybridized carbons (Fsp3) is 0.0543. The highest BCUT2D eigenvalue weighted by Crippen LogP contribution is 2.66. The Morgan fingerprint density at radius 2 is 0.925 bits per heavy atom. The molecule has 1 heteroatoms. The van der Waals surface area contributed by atoms with Gasteiger partial charge in [0, 0.05) is 17.1 Å². The number of fused-ring (bicyclic) bond motifs is 22. The molecule has 14 aromatic carbocycles. The largest absolute Gasteiger partial charge is 0.289 e. The van der Waals surface area contributed by atoms with E-state index in [-0.39, 0.29) is 11.7 Å². The Bertz CT molecular complexity index is 5800. The summed E-state index contributed by atoms with van der Waals surface area (Å²) in [4.78, 5) is 15.7. The highest BCUT2D eigenvalue weighted by Gasteiger charge is 2.56. The van der Waals surface area contributed by atoms with E-state index in [2.05, 4.69) is 323 Å². The molecule has 5 aliphatic carbocycles. The first kappa shape index (κ1) is 53.3. The molecule has 0 aliphatic heterocycles. The maximum absolute atomic E-state index is 15.7. The molecule has 2 spiro atoms. The highest BCUT2D eigenvalue weighted by molar-refractivity contribution is 6.15. The zero-order valence-corrected chi connectivity index (χ0v) is 51.4. The molecule has 93 heavy (non-hydrogen) atoms. The van der Waals surface area contributed by atoms with Gasteiger partial charge in [-0.2, -0.15) is 0 Å². The molecule has 19 rings (SSSR count). The van der Waals surface area contributed by atoms with Crippen molar-refractivity contribution < 1.29 is 4.79 Å². The summed E-state index contributed by atoms with van der Waals surface area (Å²) in [5.41, 5.74) is 28.6. The molecule has 5 aliphatic rings. The number of benzene rings is 14. The quantitative estimate of drug-likeness (QED) is 0.0842. The standard InChI is InChI=1S/C92H60O/c1-3-4-28-82-56(2)71-22-9-13-29-83(71)91(82)84-30-14-10-25-75(84)78-44-40-68(54-88(78)91)90(93)69-41-45-79-76-26-11-15-31-85(76)92(89(79)55-69)86-32-16-12-27-77(86)81-52-66(42-46-87(81)92)65-39-43-72-70(51-65)53-80(74-24-8-7-23-73(72)74)67-21-17-20-59(50-67)60-35-36-64-49-63(38-37-62(64)48-60)61-34-33-57-18-5-6-19-58(57)47-61/h3-44,46-55,79H,1,45H2,2H3/b28-4-. The minimum atomic E-state index is -0.585. The van der Waals surface area contributed by atoms with Gasteiger partial charge in [0.2, 0.25) is 0 Å². The van der Waals surface area contributed by atoms with E-state index in [0.29, 0.717) is 5.56 Å². The van der Waals surface area contributed by atoms with Crippen molar-refractivity contribution in [3.05, 3.63) is 389 Å². The molecule has 0 bridgehead atoms. The summed E-state index contributed by atoms with van der Waals surface area (Å²) < 4.78 is 0. The summed E-state index contributed by atoms with van der Waals surface area (Å²) in [5, 5.41) is 9.88. The van der Waals surface area contributed by atoms with Gasteiger partial charge in [-0.1, -0.05) is 267 Å². The van der Waals surface area contributed by atoms with Gasteiger partial charge in [0.1, 0.15) is 0 Å². The fourth-order valence-electron chi connectivity index (χ4n) is 17.5. The topological polar surface area (TPSA) is 17.1 Å². The molecule has 0 amide bonds. The van der Waals surface area contributed by atoms with Gasteiger partial charge >= 0.3 is 0 Å². The number of carbonyl (C=O) groups is 1. The second-order valence-electron chi connectivity index (χ2n) is 26.1. The smallest absolute Gasteiger partial charge is 0.192 e. The van der Waals surface area contributed by atoms with E-state index in [1.54, 1.807) is 0 Å². The molecule has 3 unspecified atom stereocenters. The lowest BCUT2D eigenvalue weighted by Crippen LogP contribution is -2.28. The lowest BCUT2D eigenvalue weighted by molar-refractivity contribution is 0.103. The van der Waals surface area contributed by atoms with Gasteiger partial charge in [-0.05, 0) is 239 Å². The molecule has 0 N–H and O–H groups in total. The summed E-state index contributed by atoms with van der Waals surface area (Å²) in [6.07, 6.45) is 11.4. The highest BCUT2D eigenvalue weighted by atomic mass is 16.1. The minimum absolute atomic E-state index is 0.0509. The van der Waals surface area contributed by atoms with Crippen LogP contribution in [0.2, 0.25) is 0 Å². The van der Waals surface area contributed by atoms with E-state index in [0.717, 1.165) is 17.6 Å². The summed E-state index contributed by atoms with van der Waals surface area (Å²) in [5.74, 6) is 0.167. The first-order valence-electron chi connectivity index (χ1n) is 32.6. The molecule has 1 nitrogen and oxygen atoms in total. The number of rotatable bonds is 8. The number of hydrogen-bond donors (Lipinski definition) is 0. The summed E-state index contributed by atoms with van der Waals surface area (Å²) >= 11 is 0. The SMILES string of the molecule is C=C/C=C\C1=C(C)c2ccccc2C12c1ccccc1-c1ccc(C(=O)C3=CCC4C(=C3)C3(c5ccccc5-c5cc(-c6ccc7c(c6)cc(-c6cccc(-c8ccc9cc(-c%10ccc%11ccccc%11c%10)ccc9c8)c6)c6ccccc67)ccc53)c3ccccc34)cc12. The number of Topliss-reactive ketones (excluding diaryl/α,β-unsaturated/α-hetero) is 1. The van der Waals surface area contributed by atoms with E-state index >= 15 is 4.79 Å². The molecule has 14 aromatic rings. The lowest BCUT2D eigenvalue weighted by atomic mass is 9.67. The maximum atomic E-state index is 15.7. The molecular weight excluding hydrogens is 1120 g/mol. The van der Waals surface area contributed by atoms with Crippen LogP contribution in [-0.2, 0) is 10.8 Å². The van der Waals surface area contributed by atoms with Crippen molar-refractivity contribution in [2.75, 3.05) is 0 Å². The number of carbonyl (C=O) groups excluding carboxylic acids is 1. The van der Waals surface area contributed by atoms with Crippen molar-refractivity contribution in [2.45, 2.75) is 30.1 Å². The van der Waals surface area contributed by atoms with Crippen molar-refractivity contribution in [1.82, 2.24) is 0 Å². The van der Waals surface area contributed by atoms with Gasteiger partial charge in [-0.15, -0.1) is 0 Å². The van der Waals surface area contributed by atoms with Gasteiger partial charge in [0.25, 0.3) is 0 Å². The van der Waals surface area contributed by atoms with Crippen molar-refractivity contribution in [3.8, 4) is 66.8 Å². The van der Waals surface area contributed by atoms with Gasteiger partial charge < -0.3 is 0 Å². The Balaban J connectivity index is 0.689. The first-order chi connectivity index (χ1) is 45.9. The molecule has 0 aromatic heterocycles. The molecule has 0 heterocycles. The lowest BCUT2D eigenvalue weighted by Gasteiger charge is -2.33. The summed E-state index contributed by atoms with van der Waals surface area (Å²) in [6, 6.07) is 106. The Hall–Kier alpha value is -11.5. The third kappa shape index (κ3) is 7.60. The number of hydrogen-bond acceptors (Lipinski definition) is 1. The molecule has 0 saturated heterocycles. The van der Waals surface area contributed by atoms with Crippen molar-refractivity contribution in [1.29, 1.82) is 0 Å². The van der Waals surface area contributed by atoms with Crippen LogP contribution in [0.4, 0.5) is 0 Å². The van der Waals surface area contributed by atoms with E-state index in [1.807, 2.05) is 6.08 Å². The van der Waals surface area contributed by atoms with Crippen molar-refractivity contribution >= 4 is 54.4 Å². The third-order valence-electron chi connectivity index (χ3n) is 21.6. The maximum Gasteiger partial charge on any atom is 0.192 e. The Kier molecular flexibility index (Phi) is 11.6. The van der Waals surface area contributed by atoms with Crippen LogP contribution in [0.25, 0.3) is 115 Å². The minimum Gasteiger partial charge on any atom is -0.289 e. The van der Waals surface area contributed by atoms with Crippen LogP contribution in [0.3, 0.4) is 0 Å². The van der Waals surface area contributed by atoms with Crippen LogP contribution in [-0.4, -0.2) is 5.78 Å². The normalized spacial score (nSPS) is 17.8. The van der Waals surface area contributed by atoms with Gasteiger partial charge in [-0.25, -0.2) is 0 Å². The zero-order chi connectivity index (χ0) is 61.7.